The van der Waals surface area contributed by atoms with Crippen molar-refractivity contribution in [2.75, 3.05) is 0 Å². The van der Waals surface area contributed by atoms with E-state index in [1.54, 1.807) is 0 Å². The van der Waals surface area contributed by atoms with Gasteiger partial charge in [0.15, 0.2) is 0 Å². The highest BCUT2D eigenvalue weighted by atomic mass is 15.5. The summed E-state index contributed by atoms with van der Waals surface area (Å²) in [7, 11) is 0. The van der Waals surface area contributed by atoms with Gasteiger partial charge in [-0.05, 0) is 60.5 Å². The Morgan fingerprint density at radius 3 is 1.57 bits per heavy atom. The molecule has 4 nitrogen and oxygen atoms in total. The highest BCUT2D eigenvalue weighted by Gasteiger charge is 2.11. The van der Waals surface area contributed by atoms with E-state index in [1.807, 2.05) is 0 Å². The first kappa shape index (κ1) is 22.3. The summed E-state index contributed by atoms with van der Waals surface area (Å²) >= 11 is 0. The monoisotopic (exact) mass is 326 g/mol. The molecule has 23 heavy (non-hydrogen) atoms. The minimum Gasteiger partial charge on any atom is -0.306 e. The van der Waals surface area contributed by atoms with Crippen LogP contribution in [-0.2, 0) is 0 Å². The third kappa shape index (κ3) is 17.4. The van der Waals surface area contributed by atoms with Crippen molar-refractivity contribution in [1.82, 2.24) is 21.7 Å². The van der Waals surface area contributed by atoms with Crippen molar-refractivity contribution in [1.29, 1.82) is 0 Å². The number of hydrazine groups is 2. The summed E-state index contributed by atoms with van der Waals surface area (Å²) in [6.45, 7) is 15.1. The molecule has 0 aliphatic heterocycles. The minimum atomic E-state index is 0.0295. The maximum Gasteiger partial charge on any atom is 0.123 e. The predicted octanol–water partition coefficient (Wildman–Crippen LogP) is 4.75. The predicted molar refractivity (Wildman–Crippen MR) is 103 cm³/mol. The molecule has 138 valence electrons. The molecule has 0 bridgehead atoms. The van der Waals surface area contributed by atoms with Gasteiger partial charge in [-0.15, -0.1) is 0 Å². The van der Waals surface area contributed by atoms with Gasteiger partial charge in [-0.2, -0.15) is 0 Å². The summed E-state index contributed by atoms with van der Waals surface area (Å²) in [6.07, 6.45) is 12.8. The van der Waals surface area contributed by atoms with Crippen LogP contribution in [0.1, 0.15) is 99.8 Å². The normalized spacial score (nSPS) is 12.1. The molecule has 0 amide bonds. The van der Waals surface area contributed by atoms with Gasteiger partial charge in [-0.3, -0.25) is 0 Å². The van der Waals surface area contributed by atoms with Gasteiger partial charge in [0.05, 0.1) is 0 Å². The lowest BCUT2D eigenvalue weighted by Crippen LogP contribution is -2.53. The molecule has 0 aliphatic carbocycles. The molecule has 0 aliphatic rings. The van der Waals surface area contributed by atoms with Crippen LogP contribution in [0.2, 0.25) is 0 Å². The number of allylic oxidation sites excluding steroid dienone is 1. The highest BCUT2D eigenvalue weighted by molar-refractivity contribution is 4.96. The second-order valence-electron chi connectivity index (χ2n) is 8.53. The third-order valence-electron chi connectivity index (χ3n) is 3.30. The lowest BCUT2D eigenvalue weighted by atomic mass is 10.1. The van der Waals surface area contributed by atoms with Gasteiger partial charge >= 0.3 is 0 Å². The molecule has 0 aromatic heterocycles. The average molecular weight is 327 g/mol. The zero-order valence-corrected chi connectivity index (χ0v) is 16.7. The zero-order chi connectivity index (χ0) is 17.8. The largest absolute Gasteiger partial charge is 0.306 e. The topological polar surface area (TPSA) is 48.1 Å². The van der Waals surface area contributed by atoms with Gasteiger partial charge in [-0.1, -0.05) is 45.4 Å². The Bertz CT molecular complexity index is 290. The van der Waals surface area contributed by atoms with Gasteiger partial charge < -0.3 is 10.9 Å². The first-order chi connectivity index (χ1) is 10.6. The minimum absolute atomic E-state index is 0.0295. The summed E-state index contributed by atoms with van der Waals surface area (Å²) in [5.41, 5.74) is 13.3. The number of hydrogen-bond donors (Lipinski definition) is 4. The van der Waals surface area contributed by atoms with Gasteiger partial charge in [0.1, 0.15) is 5.82 Å². The van der Waals surface area contributed by atoms with E-state index in [0.717, 1.165) is 12.2 Å². The molecular formula is C19H42N4. The van der Waals surface area contributed by atoms with Crippen molar-refractivity contribution in [3.63, 3.8) is 0 Å². The Labute approximate surface area is 145 Å². The Balaban J connectivity index is 4.11. The van der Waals surface area contributed by atoms with Crippen molar-refractivity contribution in [2.24, 2.45) is 0 Å². The second kappa shape index (κ2) is 11.7. The maximum absolute atomic E-state index is 3.31. The van der Waals surface area contributed by atoms with Crippen LogP contribution < -0.4 is 21.7 Å². The Morgan fingerprint density at radius 2 is 1.13 bits per heavy atom. The van der Waals surface area contributed by atoms with Crippen LogP contribution in [0.3, 0.4) is 0 Å². The van der Waals surface area contributed by atoms with Crippen molar-refractivity contribution in [2.45, 2.75) is 111 Å². The molecule has 0 saturated carbocycles. The second-order valence-corrected chi connectivity index (χ2v) is 8.53. The molecule has 0 fully saturated rings. The van der Waals surface area contributed by atoms with E-state index in [2.05, 4.69) is 76.2 Å². The zero-order valence-electron chi connectivity index (χ0n) is 16.7. The SMILES string of the molecule is CCCCCCCCCC=C(NNC(C)(C)C)NNC(C)(C)C. The molecule has 0 rings (SSSR count). The fourth-order valence-corrected chi connectivity index (χ4v) is 1.99. The number of nitrogens with one attached hydrogen (secondary N) is 4. The Kier molecular flexibility index (Phi) is 11.4. The molecule has 0 radical (unpaired) electrons. The molecule has 0 aromatic rings. The van der Waals surface area contributed by atoms with Gasteiger partial charge in [0, 0.05) is 11.1 Å². The molecule has 4 N–H and O–H groups in total. The number of hydrogen-bond acceptors (Lipinski definition) is 4. The summed E-state index contributed by atoms with van der Waals surface area (Å²) < 4.78 is 0. The molecule has 0 heterocycles. The lowest BCUT2D eigenvalue weighted by Gasteiger charge is -2.27. The quantitative estimate of drug-likeness (QED) is 0.309. The maximum atomic E-state index is 3.31. The molecule has 0 saturated heterocycles. The smallest absolute Gasteiger partial charge is 0.123 e. The molecule has 4 heteroatoms. The van der Waals surface area contributed by atoms with Crippen molar-refractivity contribution < 1.29 is 0 Å². The van der Waals surface area contributed by atoms with Crippen LogP contribution >= 0.6 is 0 Å². The number of rotatable bonds is 12. The van der Waals surface area contributed by atoms with E-state index in [0.29, 0.717) is 0 Å². The van der Waals surface area contributed by atoms with Crippen LogP contribution in [0.4, 0.5) is 0 Å². The third-order valence-corrected chi connectivity index (χ3v) is 3.30. The molecule has 0 spiro atoms. The van der Waals surface area contributed by atoms with E-state index < -0.39 is 0 Å². The fourth-order valence-electron chi connectivity index (χ4n) is 1.99. The first-order valence-corrected chi connectivity index (χ1v) is 9.40. The summed E-state index contributed by atoms with van der Waals surface area (Å²) in [6, 6.07) is 0. The summed E-state index contributed by atoms with van der Waals surface area (Å²) in [4.78, 5) is 0. The average Bonchev–Trinajstić information content (AvgIpc) is 2.41. The van der Waals surface area contributed by atoms with Gasteiger partial charge in [-0.25, -0.2) is 10.9 Å². The summed E-state index contributed by atoms with van der Waals surface area (Å²) in [5.74, 6) is 1.00. The lowest BCUT2D eigenvalue weighted by molar-refractivity contribution is 0.334. The van der Waals surface area contributed by atoms with Gasteiger partial charge in [0.2, 0.25) is 0 Å². The fraction of sp³-hybridized carbons (Fsp3) is 0.895. The van der Waals surface area contributed by atoms with Crippen LogP contribution in [0.25, 0.3) is 0 Å². The summed E-state index contributed by atoms with van der Waals surface area (Å²) in [5, 5.41) is 0. The van der Waals surface area contributed by atoms with Crippen molar-refractivity contribution in [3.8, 4) is 0 Å². The molecule has 0 unspecified atom stereocenters. The number of unbranched alkanes of at least 4 members (excludes halogenated alkanes) is 7. The van der Waals surface area contributed by atoms with E-state index in [-0.39, 0.29) is 11.1 Å². The van der Waals surface area contributed by atoms with Crippen molar-refractivity contribution in [3.05, 3.63) is 11.9 Å². The molecular weight excluding hydrogens is 284 g/mol. The first-order valence-electron chi connectivity index (χ1n) is 9.40. The van der Waals surface area contributed by atoms with Crippen LogP contribution in [0, 0.1) is 0 Å². The Morgan fingerprint density at radius 1 is 0.696 bits per heavy atom. The van der Waals surface area contributed by atoms with E-state index in [9.17, 15) is 0 Å². The highest BCUT2D eigenvalue weighted by Crippen LogP contribution is 2.09. The van der Waals surface area contributed by atoms with E-state index in [4.69, 9.17) is 0 Å². The van der Waals surface area contributed by atoms with E-state index >= 15 is 0 Å². The Hall–Kier alpha value is -0.740. The van der Waals surface area contributed by atoms with Crippen LogP contribution in [0.5, 0.6) is 0 Å². The van der Waals surface area contributed by atoms with Crippen LogP contribution in [-0.4, -0.2) is 11.1 Å². The standard InChI is InChI=1S/C19H42N4/c1-8-9-10-11-12-13-14-15-16-17(20-22-18(2,3)4)21-23-19(5,6)7/h16,20-23H,8-15H2,1-7H3. The van der Waals surface area contributed by atoms with Crippen molar-refractivity contribution >= 4 is 0 Å². The van der Waals surface area contributed by atoms with E-state index in [1.165, 1.54) is 44.9 Å². The van der Waals surface area contributed by atoms with Crippen LogP contribution in [0.15, 0.2) is 11.9 Å². The molecule has 0 aromatic carbocycles. The molecule has 0 atom stereocenters. The van der Waals surface area contributed by atoms with Gasteiger partial charge in [0.25, 0.3) is 0 Å².